The van der Waals surface area contributed by atoms with Crippen molar-refractivity contribution in [1.29, 1.82) is 0 Å². The Kier molecular flexibility index (Phi) is 6.37. The van der Waals surface area contributed by atoms with E-state index in [1.54, 1.807) is 19.2 Å². The molecule has 0 aliphatic rings. The van der Waals surface area contributed by atoms with Crippen LogP contribution in [0.5, 0.6) is 5.75 Å². The molecule has 162 valence electrons. The minimum absolute atomic E-state index is 0.0545. The highest BCUT2D eigenvalue weighted by Gasteiger charge is 2.12. The van der Waals surface area contributed by atoms with Crippen LogP contribution in [-0.4, -0.2) is 18.9 Å². The number of ether oxygens (including phenoxy) is 1. The molecule has 6 nitrogen and oxygen atoms in total. The number of nitrogens with two attached hydrogens (primary N) is 1. The van der Waals surface area contributed by atoms with Gasteiger partial charge in [0.1, 0.15) is 5.75 Å². The van der Waals surface area contributed by atoms with Gasteiger partial charge in [0.25, 0.3) is 5.91 Å². The fraction of sp³-hybridized carbons (Fsp3) is 0.120. The molecule has 0 saturated carbocycles. The maximum Gasteiger partial charge on any atom is 0.265 e. The number of rotatable bonds is 7. The fourth-order valence-electron chi connectivity index (χ4n) is 3.30. The van der Waals surface area contributed by atoms with Crippen LogP contribution in [0.1, 0.15) is 20.8 Å². The highest BCUT2D eigenvalue weighted by Crippen LogP contribution is 2.28. The molecular weight excluding hydrogens is 422 g/mol. The molecule has 0 fully saturated rings. The van der Waals surface area contributed by atoms with Gasteiger partial charge in [-0.2, -0.15) is 0 Å². The number of para-hydroxylation sites is 2. The van der Waals surface area contributed by atoms with Crippen LogP contribution in [0.4, 0.5) is 11.4 Å². The van der Waals surface area contributed by atoms with Crippen molar-refractivity contribution >= 4 is 44.6 Å². The molecule has 1 aromatic heterocycles. The molecule has 0 atom stereocenters. The van der Waals surface area contributed by atoms with Gasteiger partial charge in [-0.05, 0) is 59.0 Å². The van der Waals surface area contributed by atoms with Crippen molar-refractivity contribution < 1.29 is 14.3 Å². The smallest absolute Gasteiger partial charge is 0.265 e. The van der Waals surface area contributed by atoms with Gasteiger partial charge in [-0.15, -0.1) is 11.3 Å². The maximum atomic E-state index is 12.6. The van der Waals surface area contributed by atoms with Crippen LogP contribution < -0.4 is 21.1 Å². The first-order valence-electron chi connectivity index (χ1n) is 10.1. The van der Waals surface area contributed by atoms with Crippen molar-refractivity contribution in [1.82, 2.24) is 5.32 Å². The SMILES string of the molecule is COc1ccc(CC(=O)NCc2ccc3sc(C(=O)Nc4ccccc4N)cc3c2)cc1. The predicted octanol–water partition coefficient (Wildman–Crippen LogP) is 4.60. The Balaban J connectivity index is 1.38. The van der Waals surface area contributed by atoms with Gasteiger partial charge in [0.2, 0.25) is 5.91 Å². The van der Waals surface area contributed by atoms with E-state index in [2.05, 4.69) is 10.6 Å². The lowest BCUT2D eigenvalue weighted by Gasteiger charge is -2.06. The molecule has 4 rings (SSSR count). The van der Waals surface area contributed by atoms with Gasteiger partial charge in [0.05, 0.1) is 29.8 Å². The average molecular weight is 446 g/mol. The summed E-state index contributed by atoms with van der Waals surface area (Å²) < 4.78 is 6.14. The molecule has 1 heterocycles. The standard InChI is InChI=1S/C25H23N3O3S/c1-31-19-9-6-16(7-10-19)13-24(29)27-15-17-8-11-22-18(12-17)14-23(32-22)25(30)28-21-5-3-2-4-20(21)26/h2-12,14H,13,15,26H2,1H3,(H,27,29)(H,28,30). The minimum atomic E-state index is -0.196. The Morgan fingerprint density at radius 3 is 2.47 bits per heavy atom. The number of hydrogen-bond donors (Lipinski definition) is 3. The number of carbonyl (C=O) groups excluding carboxylic acids is 2. The largest absolute Gasteiger partial charge is 0.497 e. The van der Waals surface area contributed by atoms with Crippen LogP contribution in [0.3, 0.4) is 0 Å². The molecule has 0 aliphatic heterocycles. The summed E-state index contributed by atoms with van der Waals surface area (Å²) in [6, 6.07) is 22.4. The summed E-state index contributed by atoms with van der Waals surface area (Å²) in [5, 5.41) is 6.76. The summed E-state index contributed by atoms with van der Waals surface area (Å²) in [7, 11) is 1.61. The van der Waals surface area contributed by atoms with Crippen molar-refractivity contribution in [3.05, 3.63) is 88.8 Å². The molecule has 0 radical (unpaired) electrons. The zero-order valence-electron chi connectivity index (χ0n) is 17.6. The third kappa shape index (κ3) is 5.07. The second kappa shape index (κ2) is 9.53. The molecule has 4 aromatic rings. The third-order valence-electron chi connectivity index (χ3n) is 5.03. The van der Waals surface area contributed by atoms with Gasteiger partial charge in [-0.1, -0.05) is 30.3 Å². The summed E-state index contributed by atoms with van der Waals surface area (Å²) in [6.07, 6.45) is 0.303. The monoisotopic (exact) mass is 445 g/mol. The molecule has 0 saturated heterocycles. The van der Waals surface area contributed by atoms with Gasteiger partial charge in [0, 0.05) is 11.2 Å². The van der Waals surface area contributed by atoms with E-state index in [0.717, 1.165) is 27.0 Å². The van der Waals surface area contributed by atoms with E-state index in [0.29, 0.717) is 29.2 Å². The van der Waals surface area contributed by atoms with Crippen LogP contribution in [-0.2, 0) is 17.8 Å². The number of amides is 2. The number of benzene rings is 3. The summed E-state index contributed by atoms with van der Waals surface area (Å²) in [4.78, 5) is 25.5. The van der Waals surface area contributed by atoms with E-state index >= 15 is 0 Å². The molecule has 3 aromatic carbocycles. The van der Waals surface area contributed by atoms with E-state index in [-0.39, 0.29) is 11.8 Å². The lowest BCUT2D eigenvalue weighted by Crippen LogP contribution is -2.24. The number of anilines is 2. The zero-order chi connectivity index (χ0) is 22.5. The van der Waals surface area contributed by atoms with E-state index in [1.807, 2.05) is 60.7 Å². The van der Waals surface area contributed by atoms with Gasteiger partial charge in [-0.25, -0.2) is 0 Å². The Morgan fingerprint density at radius 1 is 0.969 bits per heavy atom. The molecule has 0 aliphatic carbocycles. The fourth-order valence-corrected chi connectivity index (χ4v) is 4.24. The van der Waals surface area contributed by atoms with E-state index in [4.69, 9.17) is 10.5 Å². The highest BCUT2D eigenvalue weighted by atomic mass is 32.1. The zero-order valence-corrected chi connectivity index (χ0v) is 18.4. The molecule has 2 amide bonds. The quantitative estimate of drug-likeness (QED) is 0.362. The van der Waals surface area contributed by atoms with Crippen LogP contribution in [0.2, 0.25) is 0 Å². The summed E-state index contributed by atoms with van der Waals surface area (Å²) in [5.41, 5.74) is 8.92. The summed E-state index contributed by atoms with van der Waals surface area (Å²) in [6.45, 7) is 0.419. The van der Waals surface area contributed by atoms with E-state index in [9.17, 15) is 9.59 Å². The van der Waals surface area contributed by atoms with Crippen LogP contribution in [0, 0.1) is 0 Å². The number of fused-ring (bicyclic) bond motifs is 1. The number of methoxy groups -OCH3 is 1. The average Bonchev–Trinajstić information content (AvgIpc) is 3.23. The molecule has 0 unspecified atom stereocenters. The van der Waals surface area contributed by atoms with Crippen molar-refractivity contribution in [3.63, 3.8) is 0 Å². The van der Waals surface area contributed by atoms with Gasteiger partial charge in [0.15, 0.2) is 0 Å². The summed E-state index contributed by atoms with van der Waals surface area (Å²) >= 11 is 1.42. The number of thiophene rings is 1. The minimum Gasteiger partial charge on any atom is -0.497 e. The number of hydrogen-bond acceptors (Lipinski definition) is 5. The topological polar surface area (TPSA) is 93.4 Å². The van der Waals surface area contributed by atoms with Gasteiger partial charge < -0.3 is 21.1 Å². The lowest BCUT2D eigenvalue weighted by molar-refractivity contribution is -0.120. The van der Waals surface area contributed by atoms with Crippen LogP contribution in [0.15, 0.2) is 72.8 Å². The second-order valence-electron chi connectivity index (χ2n) is 7.33. The maximum absolute atomic E-state index is 12.6. The second-order valence-corrected chi connectivity index (χ2v) is 8.41. The molecule has 0 spiro atoms. The number of carbonyl (C=O) groups is 2. The first-order valence-corrected chi connectivity index (χ1v) is 10.9. The van der Waals surface area contributed by atoms with E-state index in [1.165, 1.54) is 11.3 Å². The first-order chi connectivity index (χ1) is 15.5. The van der Waals surface area contributed by atoms with Gasteiger partial charge in [-0.3, -0.25) is 9.59 Å². The van der Waals surface area contributed by atoms with Crippen molar-refractivity contribution in [2.45, 2.75) is 13.0 Å². The number of nitrogens with one attached hydrogen (secondary N) is 2. The Hall–Kier alpha value is -3.84. The van der Waals surface area contributed by atoms with Crippen LogP contribution >= 0.6 is 11.3 Å². The Bertz CT molecular complexity index is 1270. The third-order valence-corrected chi connectivity index (χ3v) is 6.14. The van der Waals surface area contributed by atoms with Crippen molar-refractivity contribution in [2.24, 2.45) is 0 Å². The number of nitrogen functional groups attached to an aromatic ring is 1. The highest BCUT2D eigenvalue weighted by molar-refractivity contribution is 7.20. The van der Waals surface area contributed by atoms with Crippen molar-refractivity contribution in [3.8, 4) is 5.75 Å². The van der Waals surface area contributed by atoms with Crippen molar-refractivity contribution in [2.75, 3.05) is 18.2 Å². The van der Waals surface area contributed by atoms with Gasteiger partial charge >= 0.3 is 0 Å². The first kappa shape index (κ1) is 21.4. The molecular formula is C25H23N3O3S. The Labute approximate surface area is 190 Å². The molecule has 32 heavy (non-hydrogen) atoms. The van der Waals surface area contributed by atoms with Crippen LogP contribution in [0.25, 0.3) is 10.1 Å². The normalized spacial score (nSPS) is 10.7. The molecule has 0 bridgehead atoms. The Morgan fingerprint density at radius 2 is 1.72 bits per heavy atom. The molecule has 7 heteroatoms. The lowest BCUT2D eigenvalue weighted by atomic mass is 10.1. The predicted molar refractivity (Wildman–Crippen MR) is 129 cm³/mol. The summed E-state index contributed by atoms with van der Waals surface area (Å²) in [5.74, 6) is 0.512. The van der Waals surface area contributed by atoms with E-state index < -0.39 is 0 Å². The molecule has 4 N–H and O–H groups in total.